The number of carbonyl (C=O) groups is 2. The van der Waals surface area contributed by atoms with Crippen LogP contribution in [0, 0.1) is 5.82 Å². The highest BCUT2D eigenvalue weighted by atomic mass is 35.5. The van der Waals surface area contributed by atoms with E-state index in [1.165, 1.54) is 36.4 Å². The Hall–Kier alpha value is -2.44. The molecule has 0 aliphatic heterocycles. The summed E-state index contributed by atoms with van der Waals surface area (Å²) >= 11 is 6.04. The first-order chi connectivity index (χ1) is 11.0. The van der Waals surface area contributed by atoms with Gasteiger partial charge in [-0.15, -0.1) is 0 Å². The van der Waals surface area contributed by atoms with Crippen molar-refractivity contribution in [2.45, 2.75) is 0 Å². The van der Waals surface area contributed by atoms with Crippen molar-refractivity contribution < 1.29 is 14.0 Å². The number of nitrogens with two attached hydrogens (primary N) is 1. The molecule has 0 bridgehead atoms. The van der Waals surface area contributed by atoms with Gasteiger partial charge in [0.1, 0.15) is 5.82 Å². The maximum absolute atomic E-state index is 12.9. The Kier molecular flexibility index (Phi) is 5.67. The molecule has 0 aliphatic rings. The quantitative estimate of drug-likeness (QED) is 0.784. The maximum atomic E-state index is 12.9. The minimum absolute atomic E-state index is 0.278. The van der Waals surface area contributed by atoms with Crippen LogP contribution in [0.3, 0.4) is 0 Å². The second-order valence-corrected chi connectivity index (χ2v) is 5.11. The van der Waals surface area contributed by atoms with Gasteiger partial charge in [-0.05, 0) is 42.5 Å². The molecule has 0 radical (unpaired) electrons. The van der Waals surface area contributed by atoms with Crippen LogP contribution in [0.2, 0.25) is 5.02 Å². The van der Waals surface area contributed by atoms with Crippen LogP contribution in [0.5, 0.6) is 0 Å². The van der Waals surface area contributed by atoms with Crippen molar-refractivity contribution in [1.29, 1.82) is 0 Å². The Morgan fingerprint density at radius 2 is 1.70 bits per heavy atom. The molecule has 7 heteroatoms. The van der Waals surface area contributed by atoms with Crippen molar-refractivity contribution in [1.82, 2.24) is 5.32 Å². The fraction of sp³-hybridized carbons (Fsp3) is 0.125. The smallest absolute Gasteiger partial charge is 0.255 e. The molecular weight excluding hydrogens is 321 g/mol. The lowest BCUT2D eigenvalue weighted by atomic mass is 10.1. The first kappa shape index (κ1) is 16.9. The van der Waals surface area contributed by atoms with Crippen molar-refractivity contribution in [3.63, 3.8) is 0 Å². The van der Waals surface area contributed by atoms with Gasteiger partial charge in [-0.25, -0.2) is 4.39 Å². The van der Waals surface area contributed by atoms with E-state index in [4.69, 9.17) is 17.3 Å². The second kappa shape index (κ2) is 7.71. The zero-order valence-electron chi connectivity index (χ0n) is 12.1. The summed E-state index contributed by atoms with van der Waals surface area (Å²) in [7, 11) is 0. The minimum atomic E-state index is -0.452. The summed E-state index contributed by atoms with van der Waals surface area (Å²) in [6.45, 7) is 0.673. The molecule has 0 saturated heterocycles. The van der Waals surface area contributed by atoms with Gasteiger partial charge in [0, 0.05) is 24.2 Å². The van der Waals surface area contributed by atoms with Gasteiger partial charge < -0.3 is 16.4 Å². The molecule has 0 heterocycles. The third kappa shape index (κ3) is 4.51. The fourth-order valence-corrected chi connectivity index (χ4v) is 2.01. The third-order valence-electron chi connectivity index (χ3n) is 3.01. The maximum Gasteiger partial charge on any atom is 0.255 e. The number of benzene rings is 2. The number of hydrogen-bond acceptors (Lipinski definition) is 3. The number of rotatable bonds is 5. The first-order valence-corrected chi connectivity index (χ1v) is 7.24. The van der Waals surface area contributed by atoms with Crippen molar-refractivity contribution in [3.05, 3.63) is 64.4 Å². The molecule has 0 unspecified atom stereocenters. The van der Waals surface area contributed by atoms with Gasteiger partial charge in [0.25, 0.3) is 11.8 Å². The van der Waals surface area contributed by atoms with E-state index in [1.807, 2.05) is 0 Å². The molecule has 0 aliphatic carbocycles. The number of anilines is 1. The topological polar surface area (TPSA) is 84.2 Å². The van der Waals surface area contributed by atoms with Crippen LogP contribution in [0.4, 0.5) is 10.1 Å². The average Bonchev–Trinajstić information content (AvgIpc) is 2.55. The molecule has 4 N–H and O–H groups in total. The van der Waals surface area contributed by atoms with Crippen molar-refractivity contribution in [2.24, 2.45) is 5.73 Å². The summed E-state index contributed by atoms with van der Waals surface area (Å²) in [5, 5.41) is 5.51. The Balaban J connectivity index is 2.17. The minimum Gasteiger partial charge on any atom is -0.351 e. The predicted octanol–water partition coefficient (Wildman–Crippen LogP) is 2.42. The van der Waals surface area contributed by atoms with Crippen LogP contribution >= 0.6 is 11.6 Å². The first-order valence-electron chi connectivity index (χ1n) is 6.86. The van der Waals surface area contributed by atoms with Gasteiger partial charge in [0.15, 0.2) is 0 Å². The van der Waals surface area contributed by atoms with Crippen molar-refractivity contribution in [3.8, 4) is 0 Å². The monoisotopic (exact) mass is 335 g/mol. The van der Waals surface area contributed by atoms with Crippen LogP contribution in [-0.2, 0) is 0 Å². The lowest BCUT2D eigenvalue weighted by molar-refractivity contribution is 0.0953. The number of nitrogens with one attached hydrogen (secondary N) is 2. The highest BCUT2D eigenvalue weighted by Crippen LogP contribution is 2.23. The lowest BCUT2D eigenvalue weighted by Gasteiger charge is -2.10. The predicted molar refractivity (Wildman–Crippen MR) is 87.2 cm³/mol. The Labute approximate surface area is 137 Å². The van der Waals surface area contributed by atoms with Gasteiger partial charge >= 0.3 is 0 Å². The average molecular weight is 336 g/mol. The Morgan fingerprint density at radius 1 is 1.04 bits per heavy atom. The van der Waals surface area contributed by atoms with Gasteiger partial charge in [0.05, 0.1) is 10.7 Å². The zero-order valence-corrected chi connectivity index (χ0v) is 12.9. The molecule has 0 saturated carbocycles. The molecule has 2 amide bonds. The van der Waals surface area contributed by atoms with Crippen LogP contribution in [-0.4, -0.2) is 24.9 Å². The second-order valence-electron chi connectivity index (χ2n) is 4.70. The van der Waals surface area contributed by atoms with Gasteiger partial charge in [-0.3, -0.25) is 9.59 Å². The third-order valence-corrected chi connectivity index (χ3v) is 3.34. The number of carbonyl (C=O) groups excluding carboxylic acids is 2. The van der Waals surface area contributed by atoms with Crippen LogP contribution in [0.25, 0.3) is 0 Å². The van der Waals surface area contributed by atoms with Crippen LogP contribution in [0.1, 0.15) is 20.7 Å². The number of halogens is 2. The molecule has 0 atom stereocenters. The van der Waals surface area contributed by atoms with Crippen molar-refractivity contribution in [2.75, 3.05) is 18.4 Å². The van der Waals surface area contributed by atoms with Crippen LogP contribution < -0.4 is 16.4 Å². The van der Waals surface area contributed by atoms with E-state index in [2.05, 4.69) is 10.6 Å². The molecule has 0 spiro atoms. The summed E-state index contributed by atoms with van der Waals surface area (Å²) < 4.78 is 12.9. The summed E-state index contributed by atoms with van der Waals surface area (Å²) in [6, 6.07) is 9.61. The van der Waals surface area contributed by atoms with E-state index in [9.17, 15) is 14.0 Å². The highest BCUT2D eigenvalue weighted by Gasteiger charge is 2.12. The SMILES string of the molecule is NCCNC(=O)c1ccc(Cl)c(NC(=O)c2ccc(F)cc2)c1. The van der Waals surface area contributed by atoms with Gasteiger partial charge in [-0.1, -0.05) is 11.6 Å². The molecule has 0 aromatic heterocycles. The van der Waals surface area contributed by atoms with Crippen LogP contribution in [0.15, 0.2) is 42.5 Å². The summed E-state index contributed by atoms with van der Waals surface area (Å²) in [5.41, 5.74) is 6.25. The van der Waals surface area contributed by atoms with E-state index in [-0.39, 0.29) is 16.5 Å². The van der Waals surface area contributed by atoms with E-state index < -0.39 is 11.7 Å². The van der Waals surface area contributed by atoms with E-state index in [1.54, 1.807) is 6.07 Å². The molecule has 2 aromatic carbocycles. The normalized spacial score (nSPS) is 10.2. The number of hydrogen-bond donors (Lipinski definition) is 3. The summed E-state index contributed by atoms with van der Waals surface area (Å²) in [6.07, 6.45) is 0. The molecule has 23 heavy (non-hydrogen) atoms. The molecule has 120 valence electrons. The molecular formula is C16H15ClFN3O2. The summed E-state index contributed by atoms with van der Waals surface area (Å²) in [5.74, 6) is -1.20. The molecule has 2 aromatic rings. The summed E-state index contributed by atoms with van der Waals surface area (Å²) in [4.78, 5) is 24.0. The largest absolute Gasteiger partial charge is 0.351 e. The van der Waals surface area contributed by atoms with Gasteiger partial charge in [-0.2, -0.15) is 0 Å². The molecule has 5 nitrogen and oxygen atoms in total. The lowest BCUT2D eigenvalue weighted by Crippen LogP contribution is -2.29. The van der Waals surface area contributed by atoms with Gasteiger partial charge in [0.2, 0.25) is 0 Å². The molecule has 2 rings (SSSR count). The molecule has 0 fully saturated rings. The highest BCUT2D eigenvalue weighted by molar-refractivity contribution is 6.34. The zero-order chi connectivity index (χ0) is 16.8. The van der Waals surface area contributed by atoms with E-state index in [0.29, 0.717) is 24.3 Å². The number of amides is 2. The van der Waals surface area contributed by atoms with Crippen molar-refractivity contribution >= 4 is 29.1 Å². The Morgan fingerprint density at radius 3 is 2.35 bits per heavy atom. The van der Waals surface area contributed by atoms with E-state index >= 15 is 0 Å². The standard InChI is InChI=1S/C16H15ClFN3O2/c17-13-6-3-11(15(22)20-8-7-19)9-14(13)21-16(23)10-1-4-12(18)5-2-10/h1-6,9H,7-8,19H2,(H,20,22)(H,21,23). The fourth-order valence-electron chi connectivity index (χ4n) is 1.85. The Bertz CT molecular complexity index is 720. The van der Waals surface area contributed by atoms with E-state index in [0.717, 1.165) is 0 Å².